The molecule has 0 unspecified atom stereocenters. The molecule has 2 aromatic rings. The van der Waals surface area contributed by atoms with Gasteiger partial charge in [0.25, 0.3) is 0 Å². The summed E-state index contributed by atoms with van der Waals surface area (Å²) in [6, 6.07) is 1.29. The number of anilines is 1. The molecule has 11 nitrogen and oxygen atoms in total. The number of carbonyl (C=O) groups excluding carboxylic acids is 1. The van der Waals surface area contributed by atoms with Crippen LogP contribution in [0.3, 0.4) is 0 Å². The first kappa shape index (κ1) is 33.1. The highest BCUT2D eigenvalue weighted by Crippen LogP contribution is 2.46. The van der Waals surface area contributed by atoms with Gasteiger partial charge in [-0.15, -0.1) is 0 Å². The predicted octanol–water partition coefficient (Wildman–Crippen LogP) is 4.88. The predicted molar refractivity (Wildman–Crippen MR) is 159 cm³/mol. The lowest BCUT2D eigenvalue weighted by Crippen LogP contribution is -2.51. The third kappa shape index (κ3) is 7.70. The minimum Gasteiger partial charge on any atom is -0.460 e. The SMILES string of the molecule is C=C(C)[C@@H](O)c1coc(C(=O)c2cncnc2N[C@@H]2C[C@H](COS(N)(=O)=O)[C@@H](O[Si](C(C)C)(C(C)C)C(C)C)C2)c1. The van der Waals surface area contributed by atoms with Gasteiger partial charge in [0, 0.05) is 23.7 Å². The lowest BCUT2D eigenvalue weighted by atomic mass is 10.1. The number of carbonyl (C=O) groups is 1. The molecule has 0 radical (unpaired) electrons. The van der Waals surface area contributed by atoms with E-state index in [1.807, 2.05) is 0 Å². The van der Waals surface area contributed by atoms with Crippen molar-refractivity contribution >= 4 is 30.2 Å². The third-order valence-corrected chi connectivity index (χ3v) is 14.7. The summed E-state index contributed by atoms with van der Waals surface area (Å²) in [5, 5.41) is 18.8. The third-order valence-electron chi connectivity index (χ3n) is 8.06. The van der Waals surface area contributed by atoms with E-state index in [0.29, 0.717) is 46.4 Å². The molecule has 1 saturated carbocycles. The maximum Gasteiger partial charge on any atom is 0.333 e. The molecule has 0 amide bonds. The maximum atomic E-state index is 13.4. The largest absolute Gasteiger partial charge is 0.460 e. The number of furan rings is 1. The highest BCUT2D eigenvalue weighted by atomic mass is 32.2. The first-order chi connectivity index (χ1) is 19.1. The Hall–Kier alpha value is -2.42. The van der Waals surface area contributed by atoms with Gasteiger partial charge in [-0.3, -0.25) is 8.98 Å². The maximum absolute atomic E-state index is 13.4. The number of hydrogen-bond donors (Lipinski definition) is 3. The Labute approximate surface area is 244 Å². The lowest BCUT2D eigenvalue weighted by molar-refractivity contribution is 0.101. The summed E-state index contributed by atoms with van der Waals surface area (Å²) in [5.74, 6) is -0.336. The molecular formula is C28H44N4O7SSi. The minimum atomic E-state index is -4.13. The summed E-state index contributed by atoms with van der Waals surface area (Å²) < 4.78 is 40.8. The Balaban J connectivity index is 1.87. The summed E-state index contributed by atoms with van der Waals surface area (Å²) >= 11 is 0. The number of aliphatic hydroxyl groups is 1. The first-order valence-corrected chi connectivity index (χ1v) is 17.6. The second-order valence-electron chi connectivity index (χ2n) is 11.9. The lowest BCUT2D eigenvalue weighted by Gasteiger charge is -2.45. The molecule has 228 valence electrons. The van der Waals surface area contributed by atoms with Gasteiger partial charge in [-0.1, -0.05) is 48.1 Å². The number of ketones is 1. The topological polar surface area (TPSA) is 167 Å². The van der Waals surface area contributed by atoms with Crippen molar-refractivity contribution < 1.29 is 31.3 Å². The van der Waals surface area contributed by atoms with Gasteiger partial charge < -0.3 is 19.3 Å². The summed E-state index contributed by atoms with van der Waals surface area (Å²) in [6.07, 6.45) is 3.94. The molecule has 41 heavy (non-hydrogen) atoms. The second kappa shape index (κ2) is 13.3. The molecule has 0 spiro atoms. The monoisotopic (exact) mass is 608 g/mol. The van der Waals surface area contributed by atoms with Crippen molar-refractivity contribution in [2.75, 3.05) is 11.9 Å². The van der Waals surface area contributed by atoms with Gasteiger partial charge in [-0.05, 0) is 48.0 Å². The molecule has 0 saturated heterocycles. The zero-order valence-corrected chi connectivity index (χ0v) is 26.8. The van der Waals surface area contributed by atoms with Crippen molar-refractivity contribution in [3.05, 3.63) is 53.9 Å². The zero-order chi connectivity index (χ0) is 30.7. The quantitative estimate of drug-likeness (QED) is 0.153. The van der Waals surface area contributed by atoms with Crippen molar-refractivity contribution in [3.8, 4) is 0 Å². The van der Waals surface area contributed by atoms with Gasteiger partial charge in [0.2, 0.25) is 14.1 Å². The molecule has 2 heterocycles. The molecule has 1 fully saturated rings. The van der Waals surface area contributed by atoms with E-state index in [1.165, 1.54) is 24.9 Å². The van der Waals surface area contributed by atoms with Gasteiger partial charge in [0.05, 0.1) is 24.5 Å². The smallest absolute Gasteiger partial charge is 0.333 e. The molecular weight excluding hydrogens is 564 g/mol. The van der Waals surface area contributed by atoms with Crippen LogP contribution in [0.4, 0.5) is 5.82 Å². The van der Waals surface area contributed by atoms with Crippen LogP contribution in [0, 0.1) is 5.92 Å². The number of nitrogens with two attached hydrogens (primary N) is 1. The highest BCUT2D eigenvalue weighted by Gasteiger charge is 2.49. The number of nitrogens with one attached hydrogen (secondary N) is 1. The van der Waals surface area contributed by atoms with Gasteiger partial charge >= 0.3 is 10.3 Å². The van der Waals surface area contributed by atoms with Crippen molar-refractivity contribution in [3.63, 3.8) is 0 Å². The fourth-order valence-electron chi connectivity index (χ4n) is 6.21. The summed E-state index contributed by atoms with van der Waals surface area (Å²) in [4.78, 5) is 21.7. The Morgan fingerprint density at radius 3 is 2.41 bits per heavy atom. The van der Waals surface area contributed by atoms with E-state index in [-0.39, 0.29) is 36.0 Å². The van der Waals surface area contributed by atoms with Gasteiger partial charge in [0.1, 0.15) is 18.2 Å². The number of rotatable bonds is 14. The molecule has 1 aliphatic rings. The van der Waals surface area contributed by atoms with Crippen molar-refractivity contribution in [2.45, 2.75) is 96.2 Å². The van der Waals surface area contributed by atoms with Gasteiger partial charge in [-0.25, -0.2) is 15.1 Å². The number of nitrogens with zero attached hydrogens (tertiary/aromatic N) is 2. The summed E-state index contributed by atoms with van der Waals surface area (Å²) in [6.45, 7) is 18.5. The van der Waals surface area contributed by atoms with E-state index in [0.717, 1.165) is 0 Å². The van der Waals surface area contributed by atoms with E-state index < -0.39 is 30.5 Å². The Morgan fingerprint density at radius 1 is 1.22 bits per heavy atom. The average Bonchev–Trinajstić information content (AvgIpc) is 3.51. The first-order valence-electron chi connectivity index (χ1n) is 13.9. The van der Waals surface area contributed by atoms with Gasteiger partial charge in [0.15, 0.2) is 5.76 Å². The molecule has 2 aromatic heterocycles. The molecule has 4 N–H and O–H groups in total. The zero-order valence-electron chi connectivity index (χ0n) is 25.0. The van der Waals surface area contributed by atoms with Crippen LogP contribution in [0.25, 0.3) is 0 Å². The van der Waals surface area contributed by atoms with Crippen molar-refractivity contribution in [1.82, 2.24) is 9.97 Å². The van der Waals surface area contributed by atoms with Crippen molar-refractivity contribution in [1.29, 1.82) is 0 Å². The van der Waals surface area contributed by atoms with Crippen LogP contribution in [-0.2, 0) is 18.9 Å². The molecule has 3 rings (SSSR count). The van der Waals surface area contributed by atoms with E-state index in [2.05, 4.69) is 63.4 Å². The number of hydrogen-bond acceptors (Lipinski definition) is 10. The molecule has 4 atom stereocenters. The Kier molecular flexibility index (Phi) is 10.7. The molecule has 13 heteroatoms. The van der Waals surface area contributed by atoms with E-state index >= 15 is 0 Å². The normalized spacial score (nSPS) is 20.6. The van der Waals surface area contributed by atoms with Crippen LogP contribution in [-0.4, -0.2) is 56.3 Å². The molecule has 0 bridgehead atoms. The Bertz CT molecular complexity index is 1310. The molecule has 1 aliphatic carbocycles. The van der Waals surface area contributed by atoms with Crippen LogP contribution in [0.2, 0.25) is 16.6 Å². The molecule has 0 aliphatic heterocycles. The van der Waals surface area contributed by atoms with Crippen LogP contribution in [0.5, 0.6) is 0 Å². The fraction of sp³-hybridized carbons (Fsp3) is 0.607. The van der Waals surface area contributed by atoms with Crippen LogP contribution < -0.4 is 10.5 Å². The fourth-order valence-corrected chi connectivity index (χ4v) is 12.2. The molecule has 0 aromatic carbocycles. The average molecular weight is 609 g/mol. The second-order valence-corrected chi connectivity index (χ2v) is 18.6. The van der Waals surface area contributed by atoms with E-state index in [9.17, 15) is 18.3 Å². The van der Waals surface area contributed by atoms with E-state index in [1.54, 1.807) is 6.92 Å². The van der Waals surface area contributed by atoms with Crippen molar-refractivity contribution in [2.24, 2.45) is 11.1 Å². The summed E-state index contributed by atoms with van der Waals surface area (Å²) in [5.41, 5.74) is 2.16. The van der Waals surface area contributed by atoms with Crippen LogP contribution >= 0.6 is 0 Å². The Morgan fingerprint density at radius 2 is 1.85 bits per heavy atom. The standard InChI is InChI=1S/C28H44N4O7SSi/c1-16(2)26(33)21-10-25(37-13-21)27(34)23-12-30-15-31-28(23)32-22-9-20(14-38-40(29,35)36)24(11-22)39-41(17(3)4,18(5)6)19(7)8/h10,12-13,15,17-20,22,24,26,33H,1,9,11,14H2,2-8H3,(H2,29,35,36)(H,30,31,32)/t20-,22-,24+,26-/m1/s1. The van der Waals surface area contributed by atoms with E-state index in [4.69, 9.17) is 18.2 Å². The summed E-state index contributed by atoms with van der Waals surface area (Å²) in [7, 11) is -6.43. The van der Waals surface area contributed by atoms with Gasteiger partial charge in [-0.2, -0.15) is 8.42 Å². The number of aromatic nitrogens is 2. The van der Waals surface area contributed by atoms with Crippen LogP contribution in [0.1, 0.15) is 89.1 Å². The van der Waals surface area contributed by atoms with Crippen LogP contribution in [0.15, 0.2) is 41.4 Å². The highest BCUT2D eigenvalue weighted by molar-refractivity contribution is 7.84. The number of aliphatic hydroxyl groups excluding tert-OH is 1. The minimum absolute atomic E-state index is 0.0341.